The van der Waals surface area contributed by atoms with Gasteiger partial charge in [-0.15, -0.1) is 21.5 Å². The normalized spacial score (nSPS) is 12.7. The van der Waals surface area contributed by atoms with Crippen LogP contribution in [0, 0.1) is 0 Å². The molecule has 10 heteroatoms. The van der Waals surface area contributed by atoms with Crippen molar-refractivity contribution in [1.82, 2.24) is 15.5 Å². The van der Waals surface area contributed by atoms with Gasteiger partial charge in [0.25, 0.3) is 11.1 Å². The number of aromatic nitrogens is 2. The summed E-state index contributed by atoms with van der Waals surface area (Å²) < 4.78 is 5.67. The van der Waals surface area contributed by atoms with E-state index in [1.807, 2.05) is 30.3 Å². The first-order valence-corrected chi connectivity index (χ1v) is 13.7. The largest absolute Gasteiger partial charge is 0.411 e. The number of carbonyl (C=O) groups is 2. The first kappa shape index (κ1) is 24.5. The lowest BCUT2D eigenvalue weighted by atomic mass is 9.95. The zero-order valence-electron chi connectivity index (χ0n) is 19.3. The first-order valence-electron chi connectivity index (χ1n) is 11.6. The van der Waals surface area contributed by atoms with Gasteiger partial charge >= 0.3 is 0 Å². The van der Waals surface area contributed by atoms with E-state index in [4.69, 9.17) is 16.0 Å². The Bertz CT molecular complexity index is 1370. The number of aryl methyl sites for hydroxylation is 1. The summed E-state index contributed by atoms with van der Waals surface area (Å²) >= 11 is 8.57. The van der Waals surface area contributed by atoms with E-state index in [2.05, 4.69) is 20.8 Å². The molecular weight excluding hydrogens is 516 g/mol. The fourth-order valence-electron chi connectivity index (χ4n) is 4.03. The van der Waals surface area contributed by atoms with Gasteiger partial charge in [0.05, 0.1) is 11.3 Å². The van der Waals surface area contributed by atoms with Crippen molar-refractivity contribution in [3.8, 4) is 11.5 Å². The van der Waals surface area contributed by atoms with Crippen LogP contribution in [0.2, 0.25) is 5.02 Å². The Kier molecular flexibility index (Phi) is 7.69. The van der Waals surface area contributed by atoms with Crippen molar-refractivity contribution in [2.75, 3.05) is 11.1 Å². The molecular formula is C26H23ClN4O3S2. The topological polar surface area (TPSA) is 97.1 Å². The summed E-state index contributed by atoms with van der Waals surface area (Å²) in [4.78, 5) is 27.2. The van der Waals surface area contributed by atoms with E-state index in [0.717, 1.165) is 54.1 Å². The number of benzene rings is 2. The number of anilines is 1. The molecule has 2 heterocycles. The monoisotopic (exact) mass is 538 g/mol. The summed E-state index contributed by atoms with van der Waals surface area (Å²) in [7, 11) is 0. The van der Waals surface area contributed by atoms with Crippen LogP contribution in [0.1, 0.15) is 39.2 Å². The van der Waals surface area contributed by atoms with Gasteiger partial charge in [-0.25, -0.2) is 0 Å². The molecule has 2 N–H and O–H groups in total. The third-order valence-corrected chi connectivity index (χ3v) is 8.05. The summed E-state index contributed by atoms with van der Waals surface area (Å²) in [6.07, 6.45) is 3.91. The number of rotatable bonds is 8. The molecule has 2 aromatic carbocycles. The number of hydrogen-bond acceptors (Lipinski definition) is 7. The maximum Gasteiger partial charge on any atom is 0.277 e. The van der Waals surface area contributed by atoms with Crippen LogP contribution in [-0.4, -0.2) is 27.8 Å². The van der Waals surface area contributed by atoms with Crippen molar-refractivity contribution in [3.63, 3.8) is 0 Å². The highest BCUT2D eigenvalue weighted by molar-refractivity contribution is 7.99. The van der Waals surface area contributed by atoms with Crippen LogP contribution in [0.25, 0.3) is 11.5 Å². The second-order valence-corrected chi connectivity index (χ2v) is 10.8. The Hall–Kier alpha value is -3.14. The summed E-state index contributed by atoms with van der Waals surface area (Å²) in [6.45, 7) is 0.431. The van der Waals surface area contributed by atoms with E-state index in [-0.39, 0.29) is 17.6 Å². The molecule has 0 saturated carbocycles. The third-order valence-electron chi connectivity index (χ3n) is 5.77. The number of nitrogens with zero attached hydrogens (tertiary/aromatic N) is 2. The molecule has 2 aromatic heterocycles. The zero-order valence-corrected chi connectivity index (χ0v) is 21.6. The summed E-state index contributed by atoms with van der Waals surface area (Å²) in [5.74, 6) is 0.0427. The molecule has 0 atom stereocenters. The molecule has 0 saturated heterocycles. The lowest BCUT2D eigenvalue weighted by Gasteiger charge is -2.13. The average molecular weight is 539 g/mol. The molecule has 0 aliphatic heterocycles. The van der Waals surface area contributed by atoms with E-state index in [0.29, 0.717) is 33.2 Å². The van der Waals surface area contributed by atoms with Crippen LogP contribution in [0.4, 0.5) is 5.00 Å². The Morgan fingerprint density at radius 3 is 2.61 bits per heavy atom. The van der Waals surface area contributed by atoms with Gasteiger partial charge in [0.2, 0.25) is 11.8 Å². The third kappa shape index (κ3) is 5.80. The second-order valence-electron chi connectivity index (χ2n) is 8.30. The minimum absolute atomic E-state index is 0.0793. The van der Waals surface area contributed by atoms with Gasteiger partial charge in [-0.3, -0.25) is 9.59 Å². The highest BCUT2D eigenvalue weighted by Gasteiger charge is 2.26. The van der Waals surface area contributed by atoms with Gasteiger partial charge < -0.3 is 15.1 Å². The van der Waals surface area contributed by atoms with Crippen LogP contribution in [0.3, 0.4) is 0 Å². The lowest BCUT2D eigenvalue weighted by molar-refractivity contribution is -0.113. The van der Waals surface area contributed by atoms with Gasteiger partial charge in [0.15, 0.2) is 0 Å². The molecule has 0 fully saturated rings. The molecule has 5 rings (SSSR count). The van der Waals surface area contributed by atoms with Crippen LogP contribution in [-0.2, 0) is 24.2 Å². The van der Waals surface area contributed by atoms with Crippen LogP contribution >= 0.6 is 34.7 Å². The number of fused-ring (bicyclic) bond motifs is 1. The highest BCUT2D eigenvalue weighted by atomic mass is 35.5. The fourth-order valence-corrected chi connectivity index (χ4v) is 6.02. The van der Waals surface area contributed by atoms with Crippen LogP contribution in [0.15, 0.2) is 64.2 Å². The van der Waals surface area contributed by atoms with Crippen molar-refractivity contribution in [1.29, 1.82) is 0 Å². The van der Waals surface area contributed by atoms with Crippen molar-refractivity contribution in [2.24, 2.45) is 0 Å². The molecule has 0 spiro atoms. The van der Waals surface area contributed by atoms with Crippen molar-refractivity contribution in [2.45, 2.75) is 37.5 Å². The second kappa shape index (κ2) is 11.3. The molecule has 0 radical (unpaired) electrons. The number of nitrogens with one attached hydrogen (secondary N) is 2. The number of halogens is 1. The van der Waals surface area contributed by atoms with Crippen LogP contribution < -0.4 is 10.6 Å². The van der Waals surface area contributed by atoms with Crippen molar-refractivity contribution in [3.05, 3.63) is 81.2 Å². The van der Waals surface area contributed by atoms with Gasteiger partial charge in [-0.05, 0) is 61.1 Å². The molecule has 2 amide bonds. The number of thiophene rings is 1. The van der Waals surface area contributed by atoms with E-state index in [1.165, 1.54) is 16.2 Å². The molecule has 1 aliphatic carbocycles. The van der Waals surface area contributed by atoms with E-state index < -0.39 is 0 Å². The van der Waals surface area contributed by atoms with E-state index >= 15 is 0 Å². The molecule has 0 unspecified atom stereocenters. The minimum atomic E-state index is -0.234. The molecule has 36 heavy (non-hydrogen) atoms. The van der Waals surface area contributed by atoms with Gasteiger partial charge in [0.1, 0.15) is 5.00 Å². The van der Waals surface area contributed by atoms with E-state index in [9.17, 15) is 9.59 Å². The van der Waals surface area contributed by atoms with Crippen LogP contribution in [0.5, 0.6) is 0 Å². The van der Waals surface area contributed by atoms with Gasteiger partial charge in [-0.1, -0.05) is 53.7 Å². The number of carbonyl (C=O) groups excluding carboxylic acids is 2. The highest BCUT2D eigenvalue weighted by Crippen LogP contribution is 2.38. The SMILES string of the molecule is O=C(CSc1nnc(-c2ccc(Cl)cc2)o1)Nc1sc2c(c1C(=O)NCc1ccccc1)CCCC2. The van der Waals surface area contributed by atoms with Gasteiger partial charge in [-0.2, -0.15) is 0 Å². The van der Waals surface area contributed by atoms with Gasteiger partial charge in [0, 0.05) is 22.0 Å². The maximum absolute atomic E-state index is 13.2. The summed E-state index contributed by atoms with van der Waals surface area (Å²) in [5, 5.41) is 15.5. The predicted molar refractivity (Wildman–Crippen MR) is 143 cm³/mol. The minimum Gasteiger partial charge on any atom is -0.411 e. The molecule has 4 aromatic rings. The maximum atomic E-state index is 13.2. The molecule has 0 bridgehead atoms. The summed E-state index contributed by atoms with van der Waals surface area (Å²) in [6, 6.07) is 16.8. The number of amides is 2. The quantitative estimate of drug-likeness (QED) is 0.267. The van der Waals surface area contributed by atoms with E-state index in [1.54, 1.807) is 24.3 Å². The molecule has 184 valence electrons. The standard InChI is InChI=1S/C26H23ClN4O3S2/c27-18-12-10-17(11-13-18)24-30-31-26(34-24)35-15-21(32)29-25-22(19-8-4-5-9-20(19)36-25)23(33)28-14-16-6-2-1-3-7-16/h1-3,6-7,10-13H,4-5,8-9,14-15H2,(H,28,33)(H,29,32). The summed E-state index contributed by atoms with van der Waals surface area (Å²) in [5.41, 5.74) is 3.42. The first-order chi connectivity index (χ1) is 17.6. The number of hydrogen-bond donors (Lipinski definition) is 2. The molecule has 1 aliphatic rings. The number of thioether (sulfide) groups is 1. The molecule has 7 nitrogen and oxygen atoms in total. The Labute approximate surface area is 221 Å². The Morgan fingerprint density at radius 1 is 1.03 bits per heavy atom. The zero-order chi connectivity index (χ0) is 24.9. The Balaban J connectivity index is 1.24. The lowest BCUT2D eigenvalue weighted by Crippen LogP contribution is -2.25. The van der Waals surface area contributed by atoms with Crippen molar-refractivity contribution < 1.29 is 14.0 Å². The average Bonchev–Trinajstić information content (AvgIpc) is 3.52. The smallest absolute Gasteiger partial charge is 0.277 e. The Morgan fingerprint density at radius 2 is 1.81 bits per heavy atom. The predicted octanol–water partition coefficient (Wildman–Crippen LogP) is 5.99. The fraction of sp³-hybridized carbons (Fsp3) is 0.231. The van der Waals surface area contributed by atoms with Crippen molar-refractivity contribution >= 4 is 51.5 Å².